The van der Waals surface area contributed by atoms with E-state index in [0.29, 0.717) is 30.5 Å². The van der Waals surface area contributed by atoms with Crippen LogP contribution in [0.25, 0.3) is 0 Å². The minimum atomic E-state index is -4.38. The predicted molar refractivity (Wildman–Crippen MR) is 121 cm³/mol. The fourth-order valence-corrected chi connectivity index (χ4v) is 3.10. The molecule has 11 heteroatoms. The first-order valence-corrected chi connectivity index (χ1v) is 9.44. The molecule has 1 aliphatic heterocycles. The number of aryl methyl sites for hydroxylation is 1. The second-order valence-corrected chi connectivity index (χ2v) is 6.75. The Kier molecular flexibility index (Phi) is 9.12. The van der Waals surface area contributed by atoms with Crippen LogP contribution in [0.15, 0.2) is 29.3 Å². The number of alkyl halides is 3. The summed E-state index contributed by atoms with van der Waals surface area (Å²) in [5.41, 5.74) is -0.398. The summed E-state index contributed by atoms with van der Waals surface area (Å²) in [5, 5.41) is 10.8. The van der Waals surface area contributed by atoms with Crippen molar-refractivity contribution in [2.45, 2.75) is 38.2 Å². The van der Waals surface area contributed by atoms with Crippen molar-refractivity contribution < 1.29 is 17.9 Å². The van der Waals surface area contributed by atoms with E-state index in [9.17, 15) is 13.2 Å². The topological polar surface area (TPSA) is 76.4 Å². The molecule has 0 fully saturated rings. The molecule has 0 amide bonds. The maximum absolute atomic E-state index is 12.8. The number of aliphatic imine (C=N–C) groups is 1. The molecular weight excluding hydrogens is 524 g/mol. The van der Waals surface area contributed by atoms with Crippen LogP contribution in [-0.4, -0.2) is 47.5 Å². The molecule has 3 rings (SSSR count). The van der Waals surface area contributed by atoms with Gasteiger partial charge in [0, 0.05) is 32.2 Å². The van der Waals surface area contributed by atoms with Crippen LogP contribution in [0.1, 0.15) is 29.2 Å². The number of aromatic nitrogens is 3. The number of fused-ring (bicyclic) bond motifs is 1. The summed E-state index contributed by atoms with van der Waals surface area (Å²) in [5.74, 6) is 7.74. The maximum atomic E-state index is 12.8. The Bertz CT molecular complexity index is 964. The minimum absolute atomic E-state index is 0. The number of halogens is 4. The van der Waals surface area contributed by atoms with E-state index >= 15 is 0 Å². The number of benzene rings is 1. The van der Waals surface area contributed by atoms with Crippen molar-refractivity contribution in [1.82, 2.24) is 25.4 Å². The maximum Gasteiger partial charge on any atom is 0.416 e. The third kappa shape index (κ3) is 7.10. The monoisotopic (exact) mass is 548 g/mol. The van der Waals surface area contributed by atoms with Gasteiger partial charge in [0.1, 0.15) is 12.4 Å². The lowest BCUT2D eigenvalue weighted by Gasteiger charge is -2.25. The fourth-order valence-electron chi connectivity index (χ4n) is 3.10. The van der Waals surface area contributed by atoms with Gasteiger partial charge in [-0.3, -0.25) is 4.99 Å². The van der Waals surface area contributed by atoms with Crippen molar-refractivity contribution in [3.05, 3.63) is 47.0 Å². The highest BCUT2D eigenvalue weighted by Crippen LogP contribution is 2.29. The van der Waals surface area contributed by atoms with Gasteiger partial charge in [0.25, 0.3) is 0 Å². The molecule has 1 unspecified atom stereocenters. The number of guanidine groups is 1. The molecule has 168 valence electrons. The molecule has 1 aromatic carbocycles. The van der Waals surface area contributed by atoms with Crippen molar-refractivity contribution in [1.29, 1.82) is 0 Å². The number of ether oxygens (including phenoxy) is 1. The smallest absolute Gasteiger partial charge is 0.377 e. The molecule has 31 heavy (non-hydrogen) atoms. The Hall–Kier alpha value is -2.33. The summed E-state index contributed by atoms with van der Waals surface area (Å²) in [4.78, 5) is 8.63. The van der Waals surface area contributed by atoms with Gasteiger partial charge in [0.05, 0.1) is 18.7 Å². The second kappa shape index (κ2) is 11.3. The lowest BCUT2D eigenvalue weighted by Crippen LogP contribution is -2.47. The summed E-state index contributed by atoms with van der Waals surface area (Å²) in [6, 6.07) is 5.08. The zero-order valence-corrected chi connectivity index (χ0v) is 19.5. The van der Waals surface area contributed by atoms with Gasteiger partial charge in [0.15, 0.2) is 11.8 Å². The van der Waals surface area contributed by atoms with Crippen LogP contribution < -0.4 is 10.6 Å². The predicted octanol–water partition coefficient (Wildman–Crippen LogP) is 2.59. The minimum Gasteiger partial charge on any atom is -0.377 e. The van der Waals surface area contributed by atoms with Crippen molar-refractivity contribution in [2.24, 2.45) is 4.99 Å². The largest absolute Gasteiger partial charge is 0.416 e. The van der Waals surface area contributed by atoms with E-state index in [-0.39, 0.29) is 36.6 Å². The molecule has 1 aromatic heterocycles. The Balaban J connectivity index is 0.00000341. The lowest BCUT2D eigenvalue weighted by atomic mass is 10.1. The molecule has 2 heterocycles. The van der Waals surface area contributed by atoms with Crippen LogP contribution >= 0.6 is 24.0 Å². The standard InChI is InChI=1S/C20H23F3N6O.HI/c1-24-19(25-10-4-6-14-5-3-7-15(11-14)20(21,22)23)26-16-8-9-18-27-17(13-30-2)28-29(18)12-16;/h3,5,7,11,16H,8-10,12-13H2,1-2H3,(H2,24,25,26);1H. The Morgan fingerprint density at radius 1 is 1.39 bits per heavy atom. The molecule has 7 nitrogen and oxygen atoms in total. The van der Waals surface area contributed by atoms with E-state index in [2.05, 4.69) is 37.5 Å². The summed E-state index contributed by atoms with van der Waals surface area (Å²) in [6.45, 7) is 1.28. The molecule has 0 aliphatic carbocycles. The number of hydrogen-bond donors (Lipinski definition) is 2. The molecule has 2 aromatic rings. The number of methoxy groups -OCH3 is 1. The average Bonchev–Trinajstić information content (AvgIpc) is 3.12. The molecule has 0 bridgehead atoms. The van der Waals surface area contributed by atoms with Gasteiger partial charge >= 0.3 is 6.18 Å². The van der Waals surface area contributed by atoms with Crippen LogP contribution in [0, 0.1) is 11.8 Å². The molecule has 0 saturated heterocycles. The van der Waals surface area contributed by atoms with Crippen LogP contribution in [-0.2, 0) is 30.5 Å². The number of nitrogens with zero attached hydrogens (tertiary/aromatic N) is 4. The first kappa shape index (κ1) is 24.9. The van der Waals surface area contributed by atoms with Crippen molar-refractivity contribution >= 4 is 29.9 Å². The molecule has 0 saturated carbocycles. The summed E-state index contributed by atoms with van der Waals surface area (Å²) >= 11 is 0. The van der Waals surface area contributed by atoms with E-state index < -0.39 is 11.7 Å². The number of nitrogens with one attached hydrogen (secondary N) is 2. The van der Waals surface area contributed by atoms with Crippen molar-refractivity contribution in [3.8, 4) is 11.8 Å². The van der Waals surface area contributed by atoms with Gasteiger partial charge in [-0.25, -0.2) is 9.67 Å². The second-order valence-electron chi connectivity index (χ2n) is 6.75. The molecule has 0 radical (unpaired) electrons. The highest BCUT2D eigenvalue weighted by atomic mass is 127. The average molecular weight is 548 g/mol. The van der Waals surface area contributed by atoms with Gasteiger partial charge < -0.3 is 15.4 Å². The van der Waals surface area contributed by atoms with Gasteiger partial charge in [0.2, 0.25) is 0 Å². The van der Waals surface area contributed by atoms with Gasteiger partial charge in [-0.1, -0.05) is 17.9 Å². The first-order valence-electron chi connectivity index (χ1n) is 9.44. The molecule has 1 atom stereocenters. The first-order chi connectivity index (χ1) is 14.4. The molecular formula is C20H24F3IN6O. The Morgan fingerprint density at radius 2 is 2.19 bits per heavy atom. The van der Waals surface area contributed by atoms with E-state index in [1.807, 2.05) is 4.68 Å². The van der Waals surface area contributed by atoms with Gasteiger partial charge in [-0.2, -0.15) is 18.3 Å². The van der Waals surface area contributed by atoms with Gasteiger partial charge in [-0.15, -0.1) is 24.0 Å². The van der Waals surface area contributed by atoms with Crippen LogP contribution in [0.3, 0.4) is 0 Å². The van der Waals surface area contributed by atoms with E-state index in [0.717, 1.165) is 30.8 Å². The Morgan fingerprint density at radius 3 is 2.90 bits per heavy atom. The number of hydrogen-bond acceptors (Lipinski definition) is 4. The third-order valence-corrected chi connectivity index (χ3v) is 4.51. The molecule has 1 aliphatic rings. The number of rotatable bonds is 4. The van der Waals surface area contributed by atoms with Crippen LogP contribution in [0.4, 0.5) is 13.2 Å². The lowest BCUT2D eigenvalue weighted by molar-refractivity contribution is -0.137. The van der Waals surface area contributed by atoms with Crippen molar-refractivity contribution in [2.75, 3.05) is 20.7 Å². The Labute approximate surface area is 195 Å². The molecule has 0 spiro atoms. The highest BCUT2D eigenvalue weighted by molar-refractivity contribution is 14.0. The third-order valence-electron chi connectivity index (χ3n) is 4.51. The normalized spacial score (nSPS) is 15.9. The van der Waals surface area contributed by atoms with E-state index in [4.69, 9.17) is 4.74 Å². The van der Waals surface area contributed by atoms with Crippen molar-refractivity contribution in [3.63, 3.8) is 0 Å². The summed E-state index contributed by atoms with van der Waals surface area (Å²) < 4.78 is 45.2. The van der Waals surface area contributed by atoms with Crippen LogP contribution in [0.2, 0.25) is 0 Å². The summed E-state index contributed by atoms with van der Waals surface area (Å²) in [6.07, 6.45) is -2.71. The molecule has 2 N–H and O–H groups in total. The van der Waals surface area contributed by atoms with Gasteiger partial charge in [-0.05, 0) is 24.6 Å². The SMILES string of the molecule is CN=C(NCC#Cc1cccc(C(F)(F)F)c1)NC1CCc2nc(COC)nn2C1.I. The zero-order chi connectivity index (χ0) is 21.6. The summed E-state index contributed by atoms with van der Waals surface area (Å²) in [7, 11) is 3.26. The van der Waals surface area contributed by atoms with E-state index in [1.165, 1.54) is 6.07 Å². The fraction of sp³-hybridized carbons (Fsp3) is 0.450. The quantitative estimate of drug-likeness (QED) is 0.266. The van der Waals surface area contributed by atoms with Crippen LogP contribution in [0.5, 0.6) is 0 Å². The zero-order valence-electron chi connectivity index (χ0n) is 17.2. The highest BCUT2D eigenvalue weighted by Gasteiger charge is 2.30. The van der Waals surface area contributed by atoms with E-state index in [1.54, 1.807) is 20.2 Å².